The van der Waals surface area contributed by atoms with Crippen LogP contribution in [0.2, 0.25) is 0 Å². The summed E-state index contributed by atoms with van der Waals surface area (Å²) in [5.74, 6) is 0. The zero-order valence-electron chi connectivity index (χ0n) is 6.86. The minimum Gasteiger partial charge on any atom is -0.105 e. The molecule has 11 heavy (non-hydrogen) atoms. The van der Waals surface area contributed by atoms with Crippen molar-refractivity contribution in [2.45, 2.75) is 43.4 Å². The van der Waals surface area contributed by atoms with E-state index >= 15 is 0 Å². The molecule has 0 aromatic carbocycles. The highest BCUT2D eigenvalue weighted by molar-refractivity contribution is 6.44. The van der Waals surface area contributed by atoms with Gasteiger partial charge in [0, 0.05) is 20.2 Å². The molecule has 0 saturated carbocycles. The van der Waals surface area contributed by atoms with Crippen LogP contribution in [0.25, 0.3) is 0 Å². The minimum atomic E-state index is -0.167. The maximum atomic E-state index is 5.54. The zero-order chi connectivity index (χ0) is 7.82. The Morgan fingerprint density at radius 3 is 2.09 bits per heavy atom. The molecule has 0 nitrogen and oxygen atoms in total. The van der Waals surface area contributed by atoms with E-state index in [-0.39, 0.29) is 25.1 Å². The van der Waals surface area contributed by atoms with Crippen molar-refractivity contribution in [3.05, 3.63) is 6.92 Å². The van der Waals surface area contributed by atoms with Crippen LogP contribution in [0.3, 0.4) is 0 Å². The lowest BCUT2D eigenvalue weighted by atomic mass is 10.1. The summed E-state index contributed by atoms with van der Waals surface area (Å²) in [4.78, 5) is -0.167. The highest BCUT2D eigenvalue weighted by Crippen LogP contribution is 2.13. The van der Waals surface area contributed by atoms with E-state index in [1.54, 1.807) is 0 Å². The van der Waals surface area contributed by atoms with Crippen LogP contribution in [0.5, 0.6) is 0 Å². The molecule has 3 heteroatoms. The molecule has 68 valence electrons. The van der Waals surface area contributed by atoms with Gasteiger partial charge in [-0.3, -0.25) is 0 Å². The first-order chi connectivity index (χ1) is 4.77. The van der Waals surface area contributed by atoms with Gasteiger partial charge in [-0.1, -0.05) is 39.0 Å². The summed E-state index contributed by atoms with van der Waals surface area (Å²) in [6.07, 6.45) is 6.87. The van der Waals surface area contributed by atoms with Crippen molar-refractivity contribution < 1.29 is 2.85 Å². The summed E-state index contributed by atoms with van der Waals surface area (Å²) in [7, 11) is 0. The van der Waals surface area contributed by atoms with Gasteiger partial charge in [0.2, 0.25) is 0 Å². The fourth-order valence-corrected chi connectivity index (χ4v) is 1.14. The van der Waals surface area contributed by atoms with Crippen LogP contribution >= 0.6 is 23.2 Å². The number of rotatable bonds is 6. The molecule has 0 unspecified atom stereocenters. The SMILES string of the molecule is [Al].[CH2]CCCCCCC(Cl)Cl.[HH].[HH]. The number of hydrogen-bond acceptors (Lipinski definition) is 0. The maximum Gasteiger partial charge on any atom is 0.107 e. The first-order valence-electron chi connectivity index (χ1n) is 3.84. The Labute approximate surface area is 93.7 Å². The topological polar surface area (TPSA) is 0 Å². The molecule has 0 aromatic heterocycles. The predicted molar refractivity (Wildman–Crippen MR) is 58.5 cm³/mol. The molecule has 0 saturated heterocycles. The smallest absolute Gasteiger partial charge is 0.105 e. The van der Waals surface area contributed by atoms with E-state index in [0.29, 0.717) is 0 Å². The van der Waals surface area contributed by atoms with Gasteiger partial charge < -0.3 is 0 Å². The number of unbranched alkanes of at least 4 members (excludes halogenated alkanes) is 4. The van der Waals surface area contributed by atoms with E-state index in [9.17, 15) is 0 Å². The second kappa shape index (κ2) is 11.1. The van der Waals surface area contributed by atoms with Crippen LogP contribution in [-0.4, -0.2) is 22.2 Å². The summed E-state index contributed by atoms with van der Waals surface area (Å²) < 4.78 is 0. The van der Waals surface area contributed by atoms with E-state index in [1.165, 1.54) is 19.3 Å². The van der Waals surface area contributed by atoms with Crippen molar-refractivity contribution in [2.24, 2.45) is 0 Å². The van der Waals surface area contributed by atoms with E-state index in [4.69, 9.17) is 23.2 Å². The van der Waals surface area contributed by atoms with Crippen LogP contribution in [0.1, 0.15) is 41.4 Å². The molecule has 0 rings (SSSR count). The maximum absolute atomic E-state index is 5.54. The molecule has 0 bridgehead atoms. The molecule has 0 fully saturated rings. The lowest BCUT2D eigenvalue weighted by molar-refractivity contribution is 0.631. The van der Waals surface area contributed by atoms with E-state index < -0.39 is 0 Å². The average Bonchev–Trinajstić information content (AvgIpc) is 1.87. The molecule has 0 N–H and O–H groups in total. The summed E-state index contributed by atoms with van der Waals surface area (Å²) >= 11 is 11.1. The molecule has 0 amide bonds. The van der Waals surface area contributed by atoms with Crippen molar-refractivity contribution in [2.75, 3.05) is 0 Å². The fourth-order valence-electron chi connectivity index (χ4n) is 0.829. The zero-order valence-corrected chi connectivity index (χ0v) is 9.53. The Bertz CT molecular complexity index is 75.2. The molecule has 0 aromatic rings. The third-order valence-corrected chi connectivity index (χ3v) is 1.86. The molecule has 4 radical (unpaired) electrons. The second-order valence-corrected chi connectivity index (χ2v) is 3.72. The third kappa shape index (κ3) is 14.0. The van der Waals surface area contributed by atoms with Gasteiger partial charge in [0.15, 0.2) is 0 Å². The van der Waals surface area contributed by atoms with E-state index in [1.807, 2.05) is 0 Å². The van der Waals surface area contributed by atoms with Gasteiger partial charge in [0.05, 0.1) is 0 Å². The second-order valence-electron chi connectivity index (χ2n) is 2.45. The Hall–Kier alpha value is 1.11. The van der Waals surface area contributed by atoms with Gasteiger partial charge in [-0.2, -0.15) is 0 Å². The molecule has 0 heterocycles. The summed E-state index contributed by atoms with van der Waals surface area (Å²) in [6.45, 7) is 3.77. The standard InChI is InChI=1S/C8H15Cl2.Al.2H2/c1-2-3-4-5-6-7-8(9)10;;;/h8H,1-7H2;;2*1H. The first-order valence-corrected chi connectivity index (χ1v) is 4.72. The van der Waals surface area contributed by atoms with Crippen molar-refractivity contribution in [3.8, 4) is 0 Å². The number of halogens is 2. The quantitative estimate of drug-likeness (QED) is 0.354. The molecular formula is C8H19AlCl2. The summed E-state index contributed by atoms with van der Waals surface area (Å²) in [5.41, 5.74) is 0. The average molecular weight is 213 g/mol. The number of hydrogen-bond donors (Lipinski definition) is 0. The molecule has 0 spiro atoms. The van der Waals surface area contributed by atoms with Gasteiger partial charge in [0.1, 0.15) is 4.84 Å². The van der Waals surface area contributed by atoms with Crippen LogP contribution in [0, 0.1) is 6.92 Å². The Kier molecular flexibility index (Phi) is 14.8. The Balaban J connectivity index is -0.000000135. The van der Waals surface area contributed by atoms with E-state index in [2.05, 4.69) is 6.92 Å². The van der Waals surface area contributed by atoms with Crippen molar-refractivity contribution in [1.82, 2.24) is 0 Å². The molecule has 0 aliphatic carbocycles. The number of alkyl halides is 2. The van der Waals surface area contributed by atoms with Crippen LogP contribution in [0.4, 0.5) is 0 Å². The monoisotopic (exact) mass is 212 g/mol. The van der Waals surface area contributed by atoms with E-state index in [0.717, 1.165) is 19.3 Å². The summed E-state index contributed by atoms with van der Waals surface area (Å²) in [5, 5.41) is 0. The highest BCUT2D eigenvalue weighted by Gasteiger charge is 1.96. The van der Waals surface area contributed by atoms with Crippen LogP contribution in [-0.2, 0) is 0 Å². The van der Waals surface area contributed by atoms with Gasteiger partial charge in [-0.25, -0.2) is 0 Å². The summed E-state index contributed by atoms with van der Waals surface area (Å²) in [6, 6.07) is 0. The minimum absolute atomic E-state index is 0. The van der Waals surface area contributed by atoms with Crippen molar-refractivity contribution in [3.63, 3.8) is 0 Å². The largest absolute Gasteiger partial charge is 0.107 e. The lowest BCUT2D eigenvalue weighted by Crippen LogP contribution is -1.86. The fraction of sp³-hybridized carbons (Fsp3) is 0.875. The van der Waals surface area contributed by atoms with Crippen LogP contribution < -0.4 is 0 Å². The molecule has 0 aliphatic rings. The Morgan fingerprint density at radius 1 is 1.09 bits per heavy atom. The van der Waals surface area contributed by atoms with Gasteiger partial charge >= 0.3 is 0 Å². The van der Waals surface area contributed by atoms with Gasteiger partial charge in [-0.05, 0) is 6.42 Å². The Morgan fingerprint density at radius 2 is 1.64 bits per heavy atom. The van der Waals surface area contributed by atoms with Crippen molar-refractivity contribution in [1.29, 1.82) is 0 Å². The third-order valence-electron chi connectivity index (χ3n) is 1.42. The molecule has 0 aliphatic heterocycles. The first kappa shape index (κ1) is 14.6. The lowest BCUT2D eigenvalue weighted by Gasteiger charge is -1.99. The van der Waals surface area contributed by atoms with Gasteiger partial charge in [0.25, 0.3) is 0 Å². The highest BCUT2D eigenvalue weighted by atomic mass is 35.5. The molecule has 0 atom stereocenters. The predicted octanol–water partition coefficient (Wildman–Crippen LogP) is 4.08. The van der Waals surface area contributed by atoms with Gasteiger partial charge in [-0.15, -0.1) is 23.2 Å². The van der Waals surface area contributed by atoms with Crippen molar-refractivity contribution >= 4 is 40.6 Å². The van der Waals surface area contributed by atoms with Crippen LogP contribution in [0.15, 0.2) is 0 Å². The molecular weight excluding hydrogens is 194 g/mol. The normalized spacial score (nSPS) is 9.82.